The first-order valence-electron chi connectivity index (χ1n) is 7.46. The number of hydrogen-bond acceptors (Lipinski definition) is 5. The van der Waals surface area contributed by atoms with E-state index in [0.29, 0.717) is 18.7 Å². The number of nitrogens with two attached hydrogens (primary N) is 1. The number of hydrogen-bond donors (Lipinski definition) is 2. The van der Waals surface area contributed by atoms with Gasteiger partial charge in [-0.05, 0) is 25.0 Å². The Balaban J connectivity index is 1.85. The van der Waals surface area contributed by atoms with Crippen LogP contribution in [0.1, 0.15) is 30.6 Å². The van der Waals surface area contributed by atoms with Gasteiger partial charge in [-0.2, -0.15) is 0 Å². The SMILES string of the molecule is NC(CO)c1cn(C2CCCN(c3ccccc3F)C2=O)nn1. The molecule has 1 aliphatic heterocycles. The van der Waals surface area contributed by atoms with Gasteiger partial charge in [-0.15, -0.1) is 5.10 Å². The van der Waals surface area contributed by atoms with Gasteiger partial charge in [0.1, 0.15) is 17.6 Å². The van der Waals surface area contributed by atoms with Gasteiger partial charge in [-0.1, -0.05) is 17.3 Å². The largest absolute Gasteiger partial charge is 0.394 e. The number of rotatable bonds is 4. The smallest absolute Gasteiger partial charge is 0.251 e. The van der Waals surface area contributed by atoms with Gasteiger partial charge in [-0.25, -0.2) is 9.07 Å². The molecule has 0 bridgehead atoms. The highest BCUT2D eigenvalue weighted by molar-refractivity contribution is 5.96. The third kappa shape index (κ3) is 2.95. The van der Waals surface area contributed by atoms with Crippen LogP contribution in [-0.2, 0) is 4.79 Å². The van der Waals surface area contributed by atoms with Crippen LogP contribution in [0.15, 0.2) is 30.5 Å². The summed E-state index contributed by atoms with van der Waals surface area (Å²) in [5.41, 5.74) is 6.39. The molecule has 8 heteroatoms. The van der Waals surface area contributed by atoms with E-state index < -0.39 is 17.9 Å². The van der Waals surface area contributed by atoms with Gasteiger partial charge < -0.3 is 15.7 Å². The first-order valence-corrected chi connectivity index (χ1v) is 7.46. The lowest BCUT2D eigenvalue weighted by molar-refractivity contribution is -0.123. The number of carbonyl (C=O) groups excluding carboxylic acids is 1. The second-order valence-electron chi connectivity index (χ2n) is 5.51. The van der Waals surface area contributed by atoms with E-state index in [1.54, 1.807) is 24.4 Å². The summed E-state index contributed by atoms with van der Waals surface area (Å²) in [4.78, 5) is 14.2. The number of aliphatic hydroxyl groups is 1. The number of piperidine rings is 1. The topological polar surface area (TPSA) is 97.3 Å². The molecule has 0 aliphatic carbocycles. The molecule has 23 heavy (non-hydrogen) atoms. The van der Waals surface area contributed by atoms with E-state index in [0.717, 1.165) is 6.42 Å². The molecule has 7 nitrogen and oxygen atoms in total. The quantitative estimate of drug-likeness (QED) is 0.868. The number of amides is 1. The molecule has 1 amide bonds. The van der Waals surface area contributed by atoms with Crippen molar-refractivity contribution >= 4 is 11.6 Å². The summed E-state index contributed by atoms with van der Waals surface area (Å²) < 4.78 is 15.4. The monoisotopic (exact) mass is 319 g/mol. The number of aliphatic hydroxyl groups excluding tert-OH is 1. The van der Waals surface area contributed by atoms with Crippen LogP contribution in [0.5, 0.6) is 0 Å². The van der Waals surface area contributed by atoms with Crippen LogP contribution in [0.2, 0.25) is 0 Å². The molecular formula is C15H18FN5O2. The zero-order valence-corrected chi connectivity index (χ0v) is 12.5. The number of nitrogens with zero attached hydrogens (tertiary/aromatic N) is 4. The molecule has 2 unspecified atom stereocenters. The van der Waals surface area contributed by atoms with E-state index >= 15 is 0 Å². The Bertz CT molecular complexity index is 705. The molecule has 3 rings (SSSR count). The Kier molecular flexibility index (Phi) is 4.35. The average molecular weight is 319 g/mol. The molecule has 2 atom stereocenters. The maximum absolute atomic E-state index is 14.0. The van der Waals surface area contributed by atoms with E-state index in [-0.39, 0.29) is 18.2 Å². The molecule has 0 saturated carbocycles. The van der Waals surface area contributed by atoms with Gasteiger partial charge in [0.25, 0.3) is 5.91 Å². The van der Waals surface area contributed by atoms with Crippen LogP contribution in [0.4, 0.5) is 10.1 Å². The predicted molar refractivity (Wildman–Crippen MR) is 81.1 cm³/mol. The molecule has 1 saturated heterocycles. The molecule has 3 N–H and O–H groups in total. The fourth-order valence-corrected chi connectivity index (χ4v) is 2.72. The van der Waals surface area contributed by atoms with Gasteiger partial charge in [0, 0.05) is 6.54 Å². The van der Waals surface area contributed by atoms with Crippen molar-refractivity contribution in [3.63, 3.8) is 0 Å². The van der Waals surface area contributed by atoms with Crippen LogP contribution < -0.4 is 10.6 Å². The third-order valence-corrected chi connectivity index (χ3v) is 3.98. The van der Waals surface area contributed by atoms with Gasteiger partial charge in [-0.3, -0.25) is 4.79 Å². The number of benzene rings is 1. The van der Waals surface area contributed by atoms with E-state index in [9.17, 15) is 9.18 Å². The van der Waals surface area contributed by atoms with Crippen LogP contribution in [0.3, 0.4) is 0 Å². The Hall–Kier alpha value is -2.32. The minimum Gasteiger partial charge on any atom is -0.394 e. The van der Waals surface area contributed by atoms with Crippen molar-refractivity contribution in [3.05, 3.63) is 42.0 Å². The summed E-state index contributed by atoms with van der Waals surface area (Å²) in [5.74, 6) is -0.654. The molecule has 2 heterocycles. The maximum atomic E-state index is 14.0. The minimum atomic E-state index is -0.634. The van der Waals surface area contributed by atoms with Crippen molar-refractivity contribution in [2.24, 2.45) is 5.73 Å². The molecule has 2 aromatic rings. The number of halogens is 1. The first-order chi connectivity index (χ1) is 11.1. The zero-order valence-electron chi connectivity index (χ0n) is 12.5. The first kappa shape index (κ1) is 15.6. The fourth-order valence-electron chi connectivity index (χ4n) is 2.72. The summed E-state index contributed by atoms with van der Waals surface area (Å²) in [6, 6.07) is 5.03. The Morgan fingerprint density at radius 1 is 1.43 bits per heavy atom. The zero-order chi connectivity index (χ0) is 16.4. The Labute approximate surface area is 132 Å². The third-order valence-electron chi connectivity index (χ3n) is 3.98. The molecule has 0 spiro atoms. The average Bonchev–Trinajstić information content (AvgIpc) is 3.05. The lowest BCUT2D eigenvalue weighted by Crippen LogP contribution is -2.43. The second kappa shape index (κ2) is 6.43. The molecule has 1 aromatic heterocycles. The normalized spacial score (nSPS) is 19.9. The highest BCUT2D eigenvalue weighted by Gasteiger charge is 2.33. The lowest BCUT2D eigenvalue weighted by atomic mass is 10.0. The summed E-state index contributed by atoms with van der Waals surface area (Å²) >= 11 is 0. The highest BCUT2D eigenvalue weighted by atomic mass is 19.1. The molecule has 1 fully saturated rings. The predicted octanol–water partition coefficient (Wildman–Crippen LogP) is 0.777. The van der Waals surface area contributed by atoms with Crippen molar-refractivity contribution in [3.8, 4) is 0 Å². The second-order valence-corrected chi connectivity index (χ2v) is 5.51. The van der Waals surface area contributed by atoms with Gasteiger partial charge in [0.15, 0.2) is 0 Å². The van der Waals surface area contributed by atoms with Crippen molar-refractivity contribution in [1.82, 2.24) is 15.0 Å². The summed E-state index contributed by atoms with van der Waals surface area (Å²) in [7, 11) is 0. The molecule has 122 valence electrons. The van der Waals surface area contributed by atoms with Crippen LogP contribution in [0.25, 0.3) is 0 Å². The van der Waals surface area contributed by atoms with Crippen LogP contribution >= 0.6 is 0 Å². The maximum Gasteiger partial charge on any atom is 0.251 e. The molecule has 1 aromatic carbocycles. The lowest BCUT2D eigenvalue weighted by Gasteiger charge is -2.32. The van der Waals surface area contributed by atoms with E-state index in [4.69, 9.17) is 10.8 Å². The van der Waals surface area contributed by atoms with Gasteiger partial charge in [0.05, 0.1) is 24.5 Å². The van der Waals surface area contributed by atoms with Crippen LogP contribution in [0, 0.1) is 5.82 Å². The number of para-hydroxylation sites is 1. The molecular weight excluding hydrogens is 301 g/mol. The fraction of sp³-hybridized carbons (Fsp3) is 0.400. The van der Waals surface area contributed by atoms with E-state index in [1.807, 2.05) is 0 Å². The van der Waals surface area contributed by atoms with E-state index in [1.165, 1.54) is 15.6 Å². The Morgan fingerprint density at radius 3 is 2.96 bits per heavy atom. The number of aromatic nitrogens is 3. The van der Waals surface area contributed by atoms with Gasteiger partial charge in [0.2, 0.25) is 0 Å². The summed E-state index contributed by atoms with van der Waals surface area (Å²) in [6.07, 6.45) is 2.89. The van der Waals surface area contributed by atoms with Crippen molar-refractivity contribution in [2.45, 2.75) is 24.9 Å². The standard InChI is InChI=1S/C15H18FN5O2/c16-10-4-1-2-5-13(10)20-7-3-6-14(15(20)23)21-8-12(18-19-21)11(17)9-22/h1-2,4-5,8,11,14,22H,3,6-7,9,17H2. The van der Waals surface area contributed by atoms with Crippen molar-refractivity contribution in [2.75, 3.05) is 18.1 Å². The Morgan fingerprint density at radius 2 is 2.22 bits per heavy atom. The molecule has 0 radical (unpaired) electrons. The molecule has 1 aliphatic rings. The highest BCUT2D eigenvalue weighted by Crippen LogP contribution is 2.29. The number of carbonyl (C=O) groups is 1. The number of anilines is 1. The minimum absolute atomic E-state index is 0.227. The van der Waals surface area contributed by atoms with Crippen molar-refractivity contribution < 1.29 is 14.3 Å². The summed E-state index contributed by atoms with van der Waals surface area (Å²) in [5, 5.41) is 16.9. The summed E-state index contributed by atoms with van der Waals surface area (Å²) in [6.45, 7) is 0.215. The van der Waals surface area contributed by atoms with Gasteiger partial charge >= 0.3 is 0 Å². The van der Waals surface area contributed by atoms with Crippen molar-refractivity contribution in [1.29, 1.82) is 0 Å². The van der Waals surface area contributed by atoms with E-state index in [2.05, 4.69) is 10.3 Å². The van der Waals surface area contributed by atoms with Crippen LogP contribution in [-0.4, -0.2) is 39.2 Å².